The fourth-order valence-electron chi connectivity index (χ4n) is 3.96. The van der Waals surface area contributed by atoms with Gasteiger partial charge in [0.1, 0.15) is 15.7 Å². The Hall–Kier alpha value is -3.73. The molecule has 3 aromatic heterocycles. The van der Waals surface area contributed by atoms with Crippen molar-refractivity contribution < 1.29 is 22.3 Å². The third-order valence-electron chi connectivity index (χ3n) is 5.53. The van der Waals surface area contributed by atoms with Gasteiger partial charge in [0, 0.05) is 18.0 Å². The monoisotopic (exact) mass is 500 g/mol. The van der Waals surface area contributed by atoms with E-state index in [1.54, 1.807) is 31.2 Å². The number of nitrogens with one attached hydrogen (secondary N) is 1. The van der Waals surface area contributed by atoms with Crippen LogP contribution in [0.2, 0.25) is 0 Å². The van der Waals surface area contributed by atoms with Gasteiger partial charge in [0.2, 0.25) is 0 Å². The van der Waals surface area contributed by atoms with Crippen LogP contribution in [0.5, 0.6) is 11.6 Å². The average molecular weight is 501 g/mol. The molecule has 35 heavy (non-hydrogen) atoms. The number of aryl methyl sites for hydroxylation is 1. The number of nitrogens with zero attached hydrogens (tertiary/aromatic N) is 3. The molecule has 184 valence electrons. The molecule has 4 rings (SSSR count). The van der Waals surface area contributed by atoms with Crippen LogP contribution in [0, 0.1) is 12.7 Å². The van der Waals surface area contributed by atoms with E-state index in [1.165, 1.54) is 30.0 Å². The Balaban J connectivity index is 1.89. The number of H-pyrrole nitrogens is 1. The highest BCUT2D eigenvalue weighted by Gasteiger charge is 2.27. The topological polar surface area (TPSA) is 116 Å². The first kappa shape index (κ1) is 24.4. The molecule has 0 saturated heterocycles. The summed E-state index contributed by atoms with van der Waals surface area (Å²) in [5, 5.41) is 0. The number of methoxy groups -OCH3 is 1. The van der Waals surface area contributed by atoms with Crippen molar-refractivity contribution in [1.82, 2.24) is 19.5 Å². The molecule has 1 atom stereocenters. The van der Waals surface area contributed by atoms with Crippen molar-refractivity contribution >= 4 is 21.0 Å². The fourth-order valence-corrected chi connectivity index (χ4v) is 4.85. The van der Waals surface area contributed by atoms with Gasteiger partial charge in [-0.1, -0.05) is 6.07 Å². The third-order valence-corrected chi connectivity index (χ3v) is 6.45. The predicted octanol–water partition coefficient (Wildman–Crippen LogP) is 3.28. The second-order valence-corrected chi connectivity index (χ2v) is 10.3. The number of aromatic amines is 1. The van der Waals surface area contributed by atoms with E-state index in [4.69, 9.17) is 9.47 Å². The highest BCUT2D eigenvalue weighted by atomic mass is 32.2. The van der Waals surface area contributed by atoms with Crippen molar-refractivity contribution in [1.29, 1.82) is 0 Å². The minimum atomic E-state index is -3.54. The van der Waals surface area contributed by atoms with E-state index in [-0.39, 0.29) is 17.3 Å². The smallest absolute Gasteiger partial charge is 0.328 e. The van der Waals surface area contributed by atoms with E-state index in [9.17, 15) is 17.6 Å². The zero-order valence-electron chi connectivity index (χ0n) is 19.7. The maximum absolute atomic E-state index is 13.8. The zero-order valence-corrected chi connectivity index (χ0v) is 20.5. The molecule has 0 amide bonds. The lowest BCUT2D eigenvalue weighted by Crippen LogP contribution is -2.29. The van der Waals surface area contributed by atoms with Crippen LogP contribution in [0.3, 0.4) is 0 Å². The lowest BCUT2D eigenvalue weighted by atomic mass is 10.0. The molecule has 4 aromatic rings. The van der Waals surface area contributed by atoms with Gasteiger partial charge in [-0.25, -0.2) is 27.6 Å². The van der Waals surface area contributed by atoms with Gasteiger partial charge in [-0.3, -0.25) is 4.57 Å². The standard InChI is InChI=1S/C24H25FN4O5S/c1-5-34-23-21(33-3)9-8-18(27-23)20(13-35(4,31)32)29-22-19(28-24(29)30)10-15(12-26-22)17-11-16(25)7-6-14(17)2/h6-12,20H,5,13H2,1-4H3,(H,28,30)/t20-/m1/s1. The predicted molar refractivity (Wildman–Crippen MR) is 130 cm³/mol. The fraction of sp³-hybridized carbons (Fsp3) is 0.292. The molecule has 3 heterocycles. The molecule has 11 heteroatoms. The third kappa shape index (κ3) is 5.04. The highest BCUT2D eigenvalue weighted by Crippen LogP contribution is 2.30. The van der Waals surface area contributed by atoms with E-state index >= 15 is 0 Å². The van der Waals surface area contributed by atoms with Gasteiger partial charge in [-0.05, 0) is 55.3 Å². The van der Waals surface area contributed by atoms with Crippen LogP contribution in [0.25, 0.3) is 22.3 Å². The van der Waals surface area contributed by atoms with E-state index in [2.05, 4.69) is 15.0 Å². The normalized spacial score (nSPS) is 12.6. The maximum Gasteiger partial charge on any atom is 0.328 e. The van der Waals surface area contributed by atoms with E-state index < -0.39 is 27.3 Å². The summed E-state index contributed by atoms with van der Waals surface area (Å²) in [6.07, 6.45) is 2.61. The average Bonchev–Trinajstić information content (AvgIpc) is 3.13. The zero-order chi connectivity index (χ0) is 25.3. The van der Waals surface area contributed by atoms with Gasteiger partial charge < -0.3 is 14.5 Å². The van der Waals surface area contributed by atoms with Crippen molar-refractivity contribution in [3.05, 3.63) is 70.2 Å². The molecule has 0 aliphatic carbocycles. The Morgan fingerprint density at radius 1 is 1.20 bits per heavy atom. The van der Waals surface area contributed by atoms with Crippen molar-refractivity contribution in [3.63, 3.8) is 0 Å². The SMILES string of the molecule is CCOc1nc([C@@H](CS(C)(=O)=O)n2c(=O)[nH]c3cc(-c4cc(F)ccc4C)cnc32)ccc1OC. The van der Waals surface area contributed by atoms with E-state index in [0.717, 1.165) is 11.8 Å². The number of halogens is 1. The second-order valence-electron chi connectivity index (χ2n) is 8.14. The minimum Gasteiger partial charge on any atom is -0.491 e. The quantitative estimate of drug-likeness (QED) is 0.395. The van der Waals surface area contributed by atoms with Crippen molar-refractivity contribution in [3.8, 4) is 22.8 Å². The van der Waals surface area contributed by atoms with Crippen molar-refractivity contribution in [2.45, 2.75) is 19.9 Å². The Morgan fingerprint density at radius 3 is 2.66 bits per heavy atom. The summed E-state index contributed by atoms with van der Waals surface area (Å²) in [5.74, 6) is -0.207. The molecular weight excluding hydrogens is 475 g/mol. The van der Waals surface area contributed by atoms with Crippen LogP contribution in [-0.4, -0.2) is 53.7 Å². The molecule has 1 aromatic carbocycles. The minimum absolute atomic E-state index is 0.190. The summed E-state index contributed by atoms with van der Waals surface area (Å²) >= 11 is 0. The molecule has 0 spiro atoms. The first-order valence-electron chi connectivity index (χ1n) is 10.8. The Kier molecular flexibility index (Phi) is 6.62. The highest BCUT2D eigenvalue weighted by molar-refractivity contribution is 7.90. The van der Waals surface area contributed by atoms with Gasteiger partial charge >= 0.3 is 5.69 Å². The number of fused-ring (bicyclic) bond motifs is 1. The van der Waals surface area contributed by atoms with Gasteiger partial charge in [0.05, 0.1) is 36.7 Å². The molecule has 0 aliphatic rings. The van der Waals surface area contributed by atoms with Gasteiger partial charge in [-0.2, -0.15) is 0 Å². The summed E-state index contributed by atoms with van der Waals surface area (Å²) in [6, 6.07) is 8.34. The molecule has 0 radical (unpaired) electrons. The van der Waals surface area contributed by atoms with Crippen molar-refractivity contribution in [2.75, 3.05) is 25.7 Å². The summed E-state index contributed by atoms with van der Waals surface area (Å²) in [5.41, 5.74) is 2.47. The number of sulfone groups is 1. The summed E-state index contributed by atoms with van der Waals surface area (Å²) in [6.45, 7) is 3.95. The Morgan fingerprint density at radius 2 is 1.97 bits per heavy atom. The molecule has 1 N–H and O–H groups in total. The maximum atomic E-state index is 13.8. The van der Waals surface area contributed by atoms with Gasteiger partial charge in [0.25, 0.3) is 5.88 Å². The Bertz CT molecular complexity index is 1560. The first-order chi connectivity index (χ1) is 16.6. The van der Waals surface area contributed by atoms with Crippen LogP contribution in [0.4, 0.5) is 4.39 Å². The molecule has 0 fully saturated rings. The van der Waals surface area contributed by atoms with Crippen LogP contribution >= 0.6 is 0 Å². The number of hydrogen-bond acceptors (Lipinski definition) is 7. The second kappa shape index (κ2) is 9.49. The van der Waals surface area contributed by atoms with E-state index in [1.807, 2.05) is 6.92 Å². The number of aromatic nitrogens is 4. The lowest BCUT2D eigenvalue weighted by molar-refractivity contribution is 0.296. The molecule has 0 unspecified atom stereocenters. The largest absolute Gasteiger partial charge is 0.491 e. The number of rotatable bonds is 8. The van der Waals surface area contributed by atoms with Gasteiger partial charge in [-0.15, -0.1) is 0 Å². The summed E-state index contributed by atoms with van der Waals surface area (Å²) in [4.78, 5) is 24.7. The number of hydrogen-bond donors (Lipinski definition) is 1. The summed E-state index contributed by atoms with van der Waals surface area (Å²) in [7, 11) is -2.07. The first-order valence-corrected chi connectivity index (χ1v) is 12.9. The molecule has 9 nitrogen and oxygen atoms in total. The van der Waals surface area contributed by atoms with Crippen LogP contribution in [-0.2, 0) is 9.84 Å². The van der Waals surface area contributed by atoms with Crippen LogP contribution in [0.1, 0.15) is 24.2 Å². The molecular formula is C24H25FN4O5S. The summed E-state index contributed by atoms with van der Waals surface area (Å²) < 4.78 is 50.6. The lowest BCUT2D eigenvalue weighted by Gasteiger charge is -2.19. The van der Waals surface area contributed by atoms with Crippen LogP contribution < -0.4 is 15.2 Å². The molecule has 0 aliphatic heterocycles. The number of pyridine rings is 2. The van der Waals surface area contributed by atoms with Crippen LogP contribution in [0.15, 0.2) is 47.4 Å². The Labute approximate surface area is 201 Å². The molecule has 0 saturated carbocycles. The van der Waals surface area contributed by atoms with E-state index in [0.29, 0.717) is 34.7 Å². The van der Waals surface area contributed by atoms with Crippen molar-refractivity contribution in [2.24, 2.45) is 0 Å². The number of imidazole rings is 1. The molecule has 0 bridgehead atoms. The van der Waals surface area contributed by atoms with Gasteiger partial charge in [0.15, 0.2) is 11.4 Å². The number of ether oxygens (including phenoxy) is 2. The number of benzene rings is 1.